The maximum absolute atomic E-state index is 11.7. The molecule has 1 heterocycles. The van der Waals surface area contributed by atoms with Gasteiger partial charge in [0.2, 0.25) is 5.91 Å². The normalized spacial score (nSPS) is 10.2. The third-order valence-electron chi connectivity index (χ3n) is 2.59. The van der Waals surface area contributed by atoms with Crippen LogP contribution < -0.4 is 10.6 Å². The van der Waals surface area contributed by atoms with Gasteiger partial charge in [0.05, 0.1) is 13.1 Å². The molecule has 0 aliphatic rings. The SMILES string of the molecule is CSc1ccccc1NCC(=O)NCc1cccs1. The summed E-state index contributed by atoms with van der Waals surface area (Å²) in [6.45, 7) is 0.894. The Labute approximate surface area is 121 Å². The summed E-state index contributed by atoms with van der Waals surface area (Å²) in [5.41, 5.74) is 1.00. The van der Waals surface area contributed by atoms with E-state index >= 15 is 0 Å². The van der Waals surface area contributed by atoms with Crippen LogP contribution in [0.4, 0.5) is 5.69 Å². The zero-order chi connectivity index (χ0) is 13.5. The number of carbonyl (C=O) groups is 1. The van der Waals surface area contributed by atoms with Gasteiger partial charge in [-0.1, -0.05) is 18.2 Å². The van der Waals surface area contributed by atoms with Crippen LogP contribution in [0, 0.1) is 0 Å². The molecular weight excluding hydrogens is 276 g/mol. The highest BCUT2D eigenvalue weighted by molar-refractivity contribution is 7.98. The number of para-hydroxylation sites is 1. The molecule has 0 atom stereocenters. The highest BCUT2D eigenvalue weighted by atomic mass is 32.2. The molecule has 1 aromatic heterocycles. The summed E-state index contributed by atoms with van der Waals surface area (Å²) in [5.74, 6) is 0.00399. The number of carbonyl (C=O) groups excluding carboxylic acids is 1. The van der Waals surface area contributed by atoms with Crippen LogP contribution in [-0.4, -0.2) is 18.7 Å². The molecule has 0 fully saturated rings. The third-order valence-corrected chi connectivity index (χ3v) is 4.26. The Kier molecular flexibility index (Phi) is 5.30. The first-order valence-corrected chi connectivity index (χ1v) is 8.06. The van der Waals surface area contributed by atoms with Gasteiger partial charge in [-0.25, -0.2) is 0 Å². The lowest BCUT2D eigenvalue weighted by Gasteiger charge is -2.10. The number of hydrogen-bond donors (Lipinski definition) is 2. The maximum atomic E-state index is 11.7. The van der Waals surface area contributed by atoms with Crippen molar-refractivity contribution < 1.29 is 4.79 Å². The lowest BCUT2D eigenvalue weighted by molar-refractivity contribution is -0.119. The first kappa shape index (κ1) is 14.0. The fraction of sp³-hybridized carbons (Fsp3) is 0.214. The minimum absolute atomic E-state index is 0.00399. The van der Waals surface area contributed by atoms with E-state index in [-0.39, 0.29) is 5.91 Å². The van der Waals surface area contributed by atoms with Crippen molar-refractivity contribution in [3.63, 3.8) is 0 Å². The second-order valence-corrected chi connectivity index (χ2v) is 5.79. The van der Waals surface area contributed by atoms with Crippen LogP contribution in [0.3, 0.4) is 0 Å². The van der Waals surface area contributed by atoms with Crippen molar-refractivity contribution in [3.05, 3.63) is 46.7 Å². The maximum Gasteiger partial charge on any atom is 0.239 e. The minimum Gasteiger partial charge on any atom is -0.375 e. The van der Waals surface area contributed by atoms with Crippen LogP contribution in [0.5, 0.6) is 0 Å². The van der Waals surface area contributed by atoms with Crippen LogP contribution in [-0.2, 0) is 11.3 Å². The van der Waals surface area contributed by atoms with Crippen LogP contribution in [0.2, 0.25) is 0 Å². The van der Waals surface area contributed by atoms with Crippen LogP contribution >= 0.6 is 23.1 Å². The Morgan fingerprint density at radius 3 is 2.84 bits per heavy atom. The second kappa shape index (κ2) is 7.21. The molecule has 2 aromatic rings. The highest BCUT2D eigenvalue weighted by Crippen LogP contribution is 2.24. The minimum atomic E-state index is 0.00399. The van der Waals surface area contributed by atoms with Gasteiger partial charge in [0.15, 0.2) is 0 Å². The highest BCUT2D eigenvalue weighted by Gasteiger charge is 2.04. The second-order valence-electron chi connectivity index (χ2n) is 3.91. The van der Waals surface area contributed by atoms with Gasteiger partial charge >= 0.3 is 0 Å². The molecule has 1 aromatic carbocycles. The molecule has 2 N–H and O–H groups in total. The van der Waals surface area contributed by atoms with E-state index in [0.29, 0.717) is 13.1 Å². The molecule has 0 saturated carbocycles. The molecule has 0 radical (unpaired) electrons. The Morgan fingerprint density at radius 1 is 1.26 bits per heavy atom. The van der Waals surface area contributed by atoms with Crippen molar-refractivity contribution in [2.75, 3.05) is 18.1 Å². The van der Waals surface area contributed by atoms with Crippen molar-refractivity contribution in [1.82, 2.24) is 5.32 Å². The topological polar surface area (TPSA) is 41.1 Å². The molecular formula is C14H16N2OS2. The van der Waals surface area contributed by atoms with Crippen molar-refractivity contribution in [1.29, 1.82) is 0 Å². The Morgan fingerprint density at radius 2 is 2.11 bits per heavy atom. The summed E-state index contributed by atoms with van der Waals surface area (Å²) in [6, 6.07) is 12.0. The molecule has 0 unspecified atom stereocenters. The molecule has 0 bridgehead atoms. The number of hydrogen-bond acceptors (Lipinski definition) is 4. The van der Waals surface area contributed by atoms with Crippen LogP contribution in [0.1, 0.15) is 4.88 Å². The smallest absolute Gasteiger partial charge is 0.239 e. The zero-order valence-electron chi connectivity index (χ0n) is 10.7. The van der Waals surface area contributed by atoms with Gasteiger partial charge in [-0.2, -0.15) is 0 Å². The van der Waals surface area contributed by atoms with E-state index in [1.165, 1.54) is 0 Å². The quantitative estimate of drug-likeness (QED) is 0.803. The summed E-state index contributed by atoms with van der Waals surface area (Å²) in [5, 5.41) is 8.07. The monoisotopic (exact) mass is 292 g/mol. The molecule has 100 valence electrons. The number of rotatable bonds is 6. The number of amides is 1. The molecule has 0 saturated heterocycles. The average molecular weight is 292 g/mol. The molecule has 5 heteroatoms. The molecule has 19 heavy (non-hydrogen) atoms. The van der Waals surface area contributed by atoms with Gasteiger partial charge in [0, 0.05) is 15.5 Å². The van der Waals surface area contributed by atoms with Gasteiger partial charge in [-0.15, -0.1) is 23.1 Å². The lowest BCUT2D eigenvalue weighted by Crippen LogP contribution is -2.29. The van der Waals surface area contributed by atoms with Crippen molar-refractivity contribution in [2.45, 2.75) is 11.4 Å². The summed E-state index contributed by atoms with van der Waals surface area (Å²) in [4.78, 5) is 14.0. The first-order valence-electron chi connectivity index (χ1n) is 5.95. The van der Waals surface area contributed by atoms with Crippen LogP contribution in [0.15, 0.2) is 46.7 Å². The molecule has 2 rings (SSSR count). The Hall–Kier alpha value is -1.46. The lowest BCUT2D eigenvalue weighted by atomic mass is 10.3. The predicted molar refractivity (Wildman–Crippen MR) is 82.9 cm³/mol. The molecule has 1 amide bonds. The summed E-state index contributed by atoms with van der Waals surface area (Å²) >= 11 is 3.31. The van der Waals surface area contributed by atoms with Gasteiger partial charge in [-0.05, 0) is 29.8 Å². The van der Waals surface area contributed by atoms with Crippen molar-refractivity contribution in [3.8, 4) is 0 Å². The first-order chi connectivity index (χ1) is 9.29. The van der Waals surface area contributed by atoms with E-state index in [4.69, 9.17) is 0 Å². The largest absolute Gasteiger partial charge is 0.375 e. The van der Waals surface area contributed by atoms with E-state index < -0.39 is 0 Å². The Balaban J connectivity index is 1.80. The summed E-state index contributed by atoms with van der Waals surface area (Å²) in [7, 11) is 0. The van der Waals surface area contributed by atoms with Crippen molar-refractivity contribution >= 4 is 34.7 Å². The predicted octanol–water partition coefficient (Wildman–Crippen LogP) is 3.20. The average Bonchev–Trinajstić information content (AvgIpc) is 2.96. The number of anilines is 1. The number of thioether (sulfide) groups is 1. The molecule has 3 nitrogen and oxygen atoms in total. The van der Waals surface area contributed by atoms with Gasteiger partial charge < -0.3 is 10.6 Å². The standard InChI is InChI=1S/C14H16N2OS2/c1-18-13-7-3-2-6-12(13)15-10-14(17)16-9-11-5-4-8-19-11/h2-8,15H,9-10H2,1H3,(H,16,17). The summed E-state index contributed by atoms with van der Waals surface area (Å²) < 4.78 is 0. The van der Waals surface area contributed by atoms with Crippen LogP contribution in [0.25, 0.3) is 0 Å². The fourth-order valence-electron chi connectivity index (χ4n) is 1.63. The molecule has 0 aliphatic heterocycles. The van der Waals surface area contributed by atoms with E-state index in [9.17, 15) is 4.79 Å². The van der Waals surface area contributed by atoms with E-state index in [1.807, 2.05) is 48.0 Å². The Bertz CT molecular complexity index is 526. The van der Waals surface area contributed by atoms with Gasteiger partial charge in [-0.3, -0.25) is 4.79 Å². The van der Waals surface area contributed by atoms with E-state index in [2.05, 4.69) is 10.6 Å². The molecule has 0 spiro atoms. The number of thiophene rings is 1. The molecule has 0 aliphatic carbocycles. The number of nitrogens with one attached hydrogen (secondary N) is 2. The van der Waals surface area contributed by atoms with E-state index in [0.717, 1.165) is 15.5 Å². The summed E-state index contributed by atoms with van der Waals surface area (Å²) in [6.07, 6.45) is 2.03. The fourth-order valence-corrected chi connectivity index (χ4v) is 2.85. The third kappa shape index (κ3) is 4.29. The van der Waals surface area contributed by atoms with Gasteiger partial charge in [0.25, 0.3) is 0 Å². The number of benzene rings is 1. The van der Waals surface area contributed by atoms with Gasteiger partial charge in [0.1, 0.15) is 0 Å². The van der Waals surface area contributed by atoms with Crippen molar-refractivity contribution in [2.24, 2.45) is 0 Å². The van der Waals surface area contributed by atoms with E-state index in [1.54, 1.807) is 23.1 Å². The zero-order valence-corrected chi connectivity index (χ0v) is 12.3.